The van der Waals surface area contributed by atoms with Crippen molar-refractivity contribution in [1.29, 1.82) is 0 Å². The van der Waals surface area contributed by atoms with Crippen molar-refractivity contribution in [2.75, 3.05) is 5.32 Å². The quantitative estimate of drug-likeness (QED) is 0.906. The van der Waals surface area contributed by atoms with Crippen LogP contribution in [0.15, 0.2) is 48.5 Å². The lowest BCUT2D eigenvalue weighted by molar-refractivity contribution is -0.114. The van der Waals surface area contributed by atoms with Crippen LogP contribution in [0.4, 0.5) is 5.69 Å². The number of nitrogens with one attached hydrogen (secondary N) is 2. The molecule has 2 N–H and O–H groups in total. The SMILES string of the molecule is CC(=O)Nc1cccc(C(=O)NCc2cccc(C)c2)c1. The maximum Gasteiger partial charge on any atom is 0.251 e. The molecule has 0 aliphatic heterocycles. The Bertz CT molecular complexity index is 665. The molecule has 4 heteroatoms. The Morgan fingerprint density at radius 1 is 1.05 bits per heavy atom. The summed E-state index contributed by atoms with van der Waals surface area (Å²) in [6.07, 6.45) is 0. The van der Waals surface area contributed by atoms with E-state index in [9.17, 15) is 9.59 Å². The lowest BCUT2D eigenvalue weighted by Gasteiger charge is -2.08. The van der Waals surface area contributed by atoms with Gasteiger partial charge in [-0.25, -0.2) is 0 Å². The summed E-state index contributed by atoms with van der Waals surface area (Å²) in [5, 5.41) is 5.53. The van der Waals surface area contributed by atoms with Gasteiger partial charge in [0.2, 0.25) is 5.91 Å². The Balaban J connectivity index is 2.01. The minimum Gasteiger partial charge on any atom is -0.348 e. The van der Waals surface area contributed by atoms with Crippen LogP contribution in [-0.4, -0.2) is 11.8 Å². The van der Waals surface area contributed by atoms with Crippen LogP contribution in [0.25, 0.3) is 0 Å². The smallest absolute Gasteiger partial charge is 0.251 e. The molecule has 0 spiro atoms. The van der Waals surface area contributed by atoms with Gasteiger partial charge in [0.05, 0.1) is 0 Å². The van der Waals surface area contributed by atoms with Gasteiger partial charge in [0.1, 0.15) is 0 Å². The molecule has 0 atom stereocenters. The first-order chi connectivity index (χ1) is 10.0. The molecular formula is C17H18N2O2. The van der Waals surface area contributed by atoms with Gasteiger partial charge in [0, 0.05) is 24.7 Å². The molecule has 0 aliphatic rings. The lowest BCUT2D eigenvalue weighted by Crippen LogP contribution is -2.23. The fourth-order valence-electron chi connectivity index (χ4n) is 2.05. The largest absolute Gasteiger partial charge is 0.348 e. The monoisotopic (exact) mass is 282 g/mol. The maximum atomic E-state index is 12.1. The average molecular weight is 282 g/mol. The van der Waals surface area contributed by atoms with E-state index in [2.05, 4.69) is 10.6 Å². The number of aryl methyl sites for hydroxylation is 1. The molecule has 2 aromatic rings. The third-order valence-electron chi connectivity index (χ3n) is 2.98. The maximum absolute atomic E-state index is 12.1. The van der Waals surface area contributed by atoms with E-state index in [-0.39, 0.29) is 11.8 Å². The topological polar surface area (TPSA) is 58.2 Å². The molecule has 108 valence electrons. The number of amides is 2. The Labute approximate surface area is 124 Å². The summed E-state index contributed by atoms with van der Waals surface area (Å²) < 4.78 is 0. The van der Waals surface area contributed by atoms with Crippen molar-refractivity contribution in [2.24, 2.45) is 0 Å². The van der Waals surface area contributed by atoms with Gasteiger partial charge in [-0.3, -0.25) is 9.59 Å². The minimum atomic E-state index is -0.163. The van der Waals surface area contributed by atoms with E-state index in [4.69, 9.17) is 0 Å². The van der Waals surface area contributed by atoms with E-state index in [1.54, 1.807) is 24.3 Å². The van der Waals surface area contributed by atoms with Crippen molar-refractivity contribution in [3.05, 3.63) is 65.2 Å². The number of rotatable bonds is 4. The third-order valence-corrected chi connectivity index (χ3v) is 2.98. The second-order valence-corrected chi connectivity index (χ2v) is 4.93. The van der Waals surface area contributed by atoms with Crippen molar-refractivity contribution in [3.8, 4) is 0 Å². The van der Waals surface area contributed by atoms with Crippen LogP contribution in [0.5, 0.6) is 0 Å². The van der Waals surface area contributed by atoms with Gasteiger partial charge in [-0.15, -0.1) is 0 Å². The van der Waals surface area contributed by atoms with E-state index < -0.39 is 0 Å². The van der Waals surface area contributed by atoms with Crippen molar-refractivity contribution in [2.45, 2.75) is 20.4 Å². The highest BCUT2D eigenvalue weighted by molar-refractivity contribution is 5.96. The van der Waals surface area contributed by atoms with Gasteiger partial charge in [0.25, 0.3) is 5.91 Å². The van der Waals surface area contributed by atoms with Gasteiger partial charge in [-0.1, -0.05) is 35.9 Å². The number of anilines is 1. The molecule has 0 saturated carbocycles. The van der Waals surface area contributed by atoms with Gasteiger partial charge < -0.3 is 10.6 Å². The zero-order valence-electron chi connectivity index (χ0n) is 12.1. The minimum absolute atomic E-state index is 0.160. The number of hydrogen-bond donors (Lipinski definition) is 2. The van der Waals surface area contributed by atoms with Crippen LogP contribution in [0, 0.1) is 6.92 Å². The Kier molecular flexibility index (Phi) is 4.72. The molecule has 0 fully saturated rings. The standard InChI is InChI=1S/C17H18N2O2/c1-12-5-3-6-14(9-12)11-18-17(21)15-7-4-8-16(10-15)19-13(2)20/h3-10H,11H2,1-2H3,(H,18,21)(H,19,20). The van der Waals surface area contributed by atoms with Crippen molar-refractivity contribution < 1.29 is 9.59 Å². The Morgan fingerprint density at radius 3 is 2.52 bits per heavy atom. The molecule has 0 aliphatic carbocycles. The lowest BCUT2D eigenvalue weighted by atomic mass is 10.1. The summed E-state index contributed by atoms with van der Waals surface area (Å²) in [5.41, 5.74) is 3.36. The van der Waals surface area contributed by atoms with Crippen molar-refractivity contribution in [1.82, 2.24) is 5.32 Å². The summed E-state index contributed by atoms with van der Waals surface area (Å²) in [7, 11) is 0. The zero-order chi connectivity index (χ0) is 15.2. The molecule has 2 amide bonds. The summed E-state index contributed by atoms with van der Waals surface area (Å²) in [6, 6.07) is 14.9. The van der Waals surface area contributed by atoms with E-state index in [1.807, 2.05) is 31.2 Å². The second kappa shape index (κ2) is 6.70. The molecule has 0 saturated heterocycles. The number of hydrogen-bond acceptors (Lipinski definition) is 2. The first kappa shape index (κ1) is 14.8. The predicted octanol–water partition coefficient (Wildman–Crippen LogP) is 2.88. The van der Waals surface area contributed by atoms with Crippen molar-refractivity contribution >= 4 is 17.5 Å². The van der Waals surface area contributed by atoms with Crippen LogP contribution < -0.4 is 10.6 Å². The van der Waals surface area contributed by atoms with E-state index in [0.717, 1.165) is 11.1 Å². The molecule has 2 aromatic carbocycles. The third kappa shape index (κ3) is 4.45. The molecule has 21 heavy (non-hydrogen) atoms. The molecule has 0 bridgehead atoms. The van der Waals surface area contributed by atoms with Crippen LogP contribution in [0.2, 0.25) is 0 Å². The first-order valence-electron chi connectivity index (χ1n) is 6.76. The normalized spacial score (nSPS) is 10.0. The second-order valence-electron chi connectivity index (χ2n) is 4.93. The summed E-state index contributed by atoms with van der Waals surface area (Å²) >= 11 is 0. The average Bonchev–Trinajstić information content (AvgIpc) is 2.44. The number of carbonyl (C=O) groups is 2. The number of carbonyl (C=O) groups excluding carboxylic acids is 2. The molecule has 0 radical (unpaired) electrons. The van der Waals surface area contributed by atoms with E-state index in [0.29, 0.717) is 17.8 Å². The highest BCUT2D eigenvalue weighted by Gasteiger charge is 2.06. The van der Waals surface area contributed by atoms with E-state index in [1.165, 1.54) is 6.92 Å². The fourth-order valence-corrected chi connectivity index (χ4v) is 2.05. The van der Waals surface area contributed by atoms with Crippen LogP contribution >= 0.6 is 0 Å². The molecule has 0 heterocycles. The molecule has 2 rings (SSSR count). The Morgan fingerprint density at radius 2 is 1.81 bits per heavy atom. The molecule has 0 unspecified atom stereocenters. The first-order valence-corrected chi connectivity index (χ1v) is 6.76. The highest BCUT2D eigenvalue weighted by Crippen LogP contribution is 2.11. The summed E-state index contributed by atoms with van der Waals surface area (Å²) in [4.78, 5) is 23.1. The fraction of sp³-hybridized carbons (Fsp3) is 0.176. The van der Waals surface area contributed by atoms with Gasteiger partial charge >= 0.3 is 0 Å². The summed E-state index contributed by atoms with van der Waals surface area (Å²) in [5.74, 6) is -0.323. The van der Waals surface area contributed by atoms with Crippen LogP contribution in [0.1, 0.15) is 28.4 Å². The Hall–Kier alpha value is -2.62. The molecular weight excluding hydrogens is 264 g/mol. The highest BCUT2D eigenvalue weighted by atomic mass is 16.2. The summed E-state index contributed by atoms with van der Waals surface area (Å²) in [6.45, 7) is 3.93. The number of benzene rings is 2. The molecule has 0 aromatic heterocycles. The predicted molar refractivity (Wildman–Crippen MR) is 83.1 cm³/mol. The van der Waals surface area contributed by atoms with Crippen molar-refractivity contribution in [3.63, 3.8) is 0 Å². The van der Waals surface area contributed by atoms with Gasteiger partial charge in [-0.05, 0) is 30.7 Å². The van der Waals surface area contributed by atoms with Gasteiger partial charge in [-0.2, -0.15) is 0 Å². The van der Waals surface area contributed by atoms with Crippen LogP contribution in [0.3, 0.4) is 0 Å². The zero-order valence-corrected chi connectivity index (χ0v) is 12.1. The van der Waals surface area contributed by atoms with E-state index >= 15 is 0 Å². The van der Waals surface area contributed by atoms with Crippen LogP contribution in [-0.2, 0) is 11.3 Å². The van der Waals surface area contributed by atoms with Gasteiger partial charge in [0.15, 0.2) is 0 Å². The molecule has 4 nitrogen and oxygen atoms in total.